The van der Waals surface area contributed by atoms with Crippen molar-refractivity contribution in [1.82, 2.24) is 0 Å². The maximum Gasteiger partial charge on any atom is 0.461 e. The van der Waals surface area contributed by atoms with E-state index in [0.717, 1.165) is 0 Å². The molecule has 2 nitrogen and oxygen atoms in total. The average molecular weight is 557 g/mol. The van der Waals surface area contributed by atoms with Gasteiger partial charge in [0.2, 0.25) is 0 Å². The molecular formula is C16H8Br2F7O2S. The Bertz CT molecular complexity index is 1000. The van der Waals surface area contributed by atoms with Crippen molar-refractivity contribution < 1.29 is 39.2 Å². The second kappa shape index (κ2) is 7.28. The number of halogens is 9. The molecule has 0 saturated heterocycles. The predicted octanol–water partition coefficient (Wildman–Crippen LogP) is 6.55. The molecule has 2 rings (SSSR count). The fourth-order valence-electron chi connectivity index (χ4n) is 2.17. The van der Waals surface area contributed by atoms with Crippen molar-refractivity contribution >= 4 is 41.7 Å². The summed E-state index contributed by atoms with van der Waals surface area (Å²) >= 11 is 5.67. The van der Waals surface area contributed by atoms with Gasteiger partial charge in [0.05, 0.1) is 4.90 Å². The minimum atomic E-state index is -6.82. The summed E-state index contributed by atoms with van der Waals surface area (Å²) in [5.41, 5.74) is 0.172. The Hall–Kier alpha value is -1.14. The van der Waals surface area contributed by atoms with E-state index in [0.29, 0.717) is 11.6 Å². The van der Waals surface area contributed by atoms with Crippen molar-refractivity contribution in [3.63, 3.8) is 0 Å². The van der Waals surface area contributed by atoms with Crippen molar-refractivity contribution in [3.05, 3.63) is 50.9 Å². The van der Waals surface area contributed by atoms with Gasteiger partial charge in [-0.25, -0.2) is 8.42 Å². The second-order valence-corrected chi connectivity index (χ2v) is 9.24. The van der Waals surface area contributed by atoms with Crippen LogP contribution < -0.4 is 0 Å². The van der Waals surface area contributed by atoms with Crippen LogP contribution in [0, 0.1) is 13.0 Å². The number of benzene rings is 2. The summed E-state index contributed by atoms with van der Waals surface area (Å²) < 4.78 is 117. The van der Waals surface area contributed by atoms with Crippen LogP contribution in [0.1, 0.15) is 5.56 Å². The van der Waals surface area contributed by atoms with Crippen LogP contribution in [0.5, 0.6) is 0 Å². The summed E-state index contributed by atoms with van der Waals surface area (Å²) in [6, 6.07) is 8.55. The molecule has 28 heavy (non-hydrogen) atoms. The SMILES string of the molecule is Cc1ccc(-c2c(Br)[c]c(Br)cc2S(=O)(=O)C(F)(F)C(F)(F)C(F)(F)F)cc1. The summed E-state index contributed by atoms with van der Waals surface area (Å²) in [7, 11) is -6.50. The molecule has 0 amide bonds. The highest BCUT2D eigenvalue weighted by molar-refractivity contribution is 9.11. The number of aryl methyl sites for hydroxylation is 1. The molecule has 0 fully saturated rings. The molecule has 0 aliphatic carbocycles. The quantitative estimate of drug-likeness (QED) is 0.400. The molecular weight excluding hydrogens is 549 g/mol. The summed E-state index contributed by atoms with van der Waals surface area (Å²) in [4.78, 5) is -1.41. The molecule has 0 aliphatic heterocycles. The van der Waals surface area contributed by atoms with E-state index >= 15 is 0 Å². The second-order valence-electron chi connectivity index (χ2n) is 5.63. The number of hydrogen-bond donors (Lipinski definition) is 0. The molecule has 0 bridgehead atoms. The molecule has 0 spiro atoms. The maximum absolute atomic E-state index is 14.1. The van der Waals surface area contributed by atoms with E-state index in [9.17, 15) is 39.2 Å². The Kier molecular flexibility index (Phi) is 6.02. The zero-order chi connectivity index (χ0) is 21.7. The standard InChI is InChI=1S/C16H8Br2F7O2S/c1-8-2-4-9(5-3-8)13-11(18)6-10(17)7-12(13)28(26,27)16(24,25)14(19,20)15(21,22)23/h2-5,7H,1H3. The zero-order valence-electron chi connectivity index (χ0n) is 13.5. The normalized spacial score (nSPS) is 13.6. The Labute approximate surface area is 171 Å². The van der Waals surface area contributed by atoms with E-state index in [2.05, 4.69) is 37.9 Å². The fourth-order valence-corrected chi connectivity index (χ4v) is 5.29. The smallest absolute Gasteiger partial charge is 0.217 e. The minimum Gasteiger partial charge on any atom is -0.217 e. The van der Waals surface area contributed by atoms with Crippen LogP contribution in [0.3, 0.4) is 0 Å². The van der Waals surface area contributed by atoms with E-state index in [1.54, 1.807) is 6.92 Å². The lowest BCUT2D eigenvalue weighted by molar-refractivity contribution is -0.332. The Morgan fingerprint density at radius 1 is 0.929 bits per heavy atom. The van der Waals surface area contributed by atoms with Gasteiger partial charge >= 0.3 is 17.4 Å². The highest BCUT2D eigenvalue weighted by Gasteiger charge is 2.78. The fraction of sp³-hybridized carbons (Fsp3) is 0.250. The summed E-state index contributed by atoms with van der Waals surface area (Å²) in [5, 5.41) is -6.46. The van der Waals surface area contributed by atoms with Gasteiger partial charge in [0.1, 0.15) is 0 Å². The molecule has 0 atom stereocenters. The number of hydrogen-bond acceptors (Lipinski definition) is 2. The van der Waals surface area contributed by atoms with E-state index in [4.69, 9.17) is 0 Å². The van der Waals surface area contributed by atoms with Crippen LogP contribution >= 0.6 is 31.9 Å². The van der Waals surface area contributed by atoms with Gasteiger partial charge in [-0.2, -0.15) is 30.7 Å². The van der Waals surface area contributed by atoms with E-state index in [1.165, 1.54) is 24.3 Å². The summed E-state index contributed by atoms with van der Waals surface area (Å²) in [5.74, 6) is -6.82. The van der Waals surface area contributed by atoms with Crippen molar-refractivity contribution in [3.8, 4) is 11.1 Å². The van der Waals surface area contributed by atoms with E-state index in [1.807, 2.05) is 0 Å². The highest BCUT2D eigenvalue weighted by Crippen LogP contribution is 2.52. The van der Waals surface area contributed by atoms with Crippen molar-refractivity contribution in [1.29, 1.82) is 0 Å². The number of sulfone groups is 1. The van der Waals surface area contributed by atoms with Gasteiger partial charge in [-0.1, -0.05) is 45.8 Å². The van der Waals surface area contributed by atoms with Crippen molar-refractivity contribution in [2.24, 2.45) is 0 Å². The lowest BCUT2D eigenvalue weighted by Crippen LogP contribution is -2.56. The van der Waals surface area contributed by atoms with Gasteiger partial charge in [-0.3, -0.25) is 0 Å². The molecule has 0 N–H and O–H groups in total. The lowest BCUT2D eigenvalue weighted by atomic mass is 10.0. The third-order valence-corrected chi connectivity index (χ3v) is 6.50. The molecule has 1 radical (unpaired) electrons. The van der Waals surface area contributed by atoms with E-state index in [-0.39, 0.29) is 14.5 Å². The summed E-state index contributed by atoms with van der Waals surface area (Å²) in [6.45, 7) is 1.67. The minimum absolute atomic E-state index is 0.00840. The first-order chi connectivity index (χ1) is 12.5. The number of alkyl halides is 7. The van der Waals surface area contributed by atoms with Crippen molar-refractivity contribution in [2.45, 2.75) is 29.2 Å². The first-order valence-corrected chi connectivity index (χ1v) is 10.2. The molecule has 2 aromatic rings. The maximum atomic E-state index is 14.1. The summed E-state index contributed by atoms with van der Waals surface area (Å²) in [6.07, 6.45) is -6.79. The van der Waals surface area contributed by atoms with Crippen LogP contribution in [0.2, 0.25) is 0 Å². The molecule has 0 aliphatic rings. The van der Waals surface area contributed by atoms with Crippen LogP contribution in [-0.2, 0) is 9.84 Å². The Morgan fingerprint density at radius 3 is 1.89 bits per heavy atom. The van der Waals surface area contributed by atoms with Crippen LogP contribution in [0.25, 0.3) is 11.1 Å². The molecule has 12 heteroatoms. The third kappa shape index (κ3) is 3.70. The Balaban J connectivity index is 2.85. The van der Waals surface area contributed by atoms with Crippen LogP contribution in [0.15, 0.2) is 44.2 Å². The predicted molar refractivity (Wildman–Crippen MR) is 94.0 cm³/mol. The van der Waals surface area contributed by atoms with Gasteiger partial charge in [-0.05, 0) is 34.5 Å². The van der Waals surface area contributed by atoms with Gasteiger partial charge in [0, 0.05) is 20.6 Å². The lowest BCUT2D eigenvalue weighted by Gasteiger charge is -2.28. The molecule has 0 unspecified atom stereocenters. The van der Waals surface area contributed by atoms with Gasteiger partial charge in [-0.15, -0.1) is 0 Å². The zero-order valence-corrected chi connectivity index (χ0v) is 17.5. The monoisotopic (exact) mass is 555 g/mol. The first kappa shape index (κ1) is 23.1. The molecule has 0 aromatic heterocycles. The van der Waals surface area contributed by atoms with E-state index < -0.39 is 37.6 Å². The van der Waals surface area contributed by atoms with Crippen molar-refractivity contribution in [2.75, 3.05) is 0 Å². The molecule has 2 aromatic carbocycles. The molecule has 0 heterocycles. The third-order valence-electron chi connectivity index (χ3n) is 3.64. The average Bonchev–Trinajstić information content (AvgIpc) is 2.54. The first-order valence-electron chi connectivity index (χ1n) is 7.09. The van der Waals surface area contributed by atoms with Crippen LogP contribution in [-0.4, -0.2) is 25.8 Å². The van der Waals surface area contributed by atoms with Gasteiger partial charge in [0.15, 0.2) is 0 Å². The largest absolute Gasteiger partial charge is 0.461 e. The van der Waals surface area contributed by atoms with Gasteiger partial charge < -0.3 is 0 Å². The number of rotatable bonds is 4. The topological polar surface area (TPSA) is 34.1 Å². The molecule has 0 saturated carbocycles. The highest BCUT2D eigenvalue weighted by atomic mass is 79.9. The Morgan fingerprint density at radius 2 is 1.43 bits per heavy atom. The molecule has 153 valence electrons. The van der Waals surface area contributed by atoms with Gasteiger partial charge in [0.25, 0.3) is 9.84 Å². The van der Waals surface area contributed by atoms with Crippen LogP contribution in [0.4, 0.5) is 30.7 Å².